The normalized spacial score (nSPS) is 19.9. The van der Waals surface area contributed by atoms with Crippen LogP contribution in [0.3, 0.4) is 0 Å². The molecule has 1 rings (SSSR count). The SMILES string of the molecule is C=CN1CCOC/C1=C/C.CC. The van der Waals surface area contributed by atoms with E-state index in [1.807, 2.05) is 27.0 Å². The zero-order valence-corrected chi connectivity index (χ0v) is 8.34. The van der Waals surface area contributed by atoms with Gasteiger partial charge in [-0.05, 0) is 13.1 Å². The standard InChI is InChI=1S/C8H13NO.C2H6/c1-3-8-7-10-6-5-9(8)4-2;1-2/h3-4H,2,5-7H2,1H3;1-2H3/b8-3-;. The summed E-state index contributed by atoms with van der Waals surface area (Å²) in [4.78, 5) is 2.11. The maximum absolute atomic E-state index is 5.25. The molecular formula is C10H19NO. The Bertz CT molecular complexity index is 152. The number of nitrogens with zero attached hydrogens (tertiary/aromatic N) is 1. The lowest BCUT2D eigenvalue weighted by Crippen LogP contribution is -2.29. The molecule has 1 fully saturated rings. The van der Waals surface area contributed by atoms with Gasteiger partial charge in [-0.2, -0.15) is 0 Å². The Morgan fingerprint density at radius 3 is 2.58 bits per heavy atom. The van der Waals surface area contributed by atoms with Gasteiger partial charge in [0.05, 0.1) is 13.2 Å². The van der Waals surface area contributed by atoms with Crippen LogP contribution in [0.1, 0.15) is 20.8 Å². The van der Waals surface area contributed by atoms with Crippen LogP contribution in [-0.2, 0) is 4.74 Å². The molecule has 1 saturated heterocycles. The number of hydrogen-bond acceptors (Lipinski definition) is 2. The van der Waals surface area contributed by atoms with E-state index in [1.54, 1.807) is 0 Å². The van der Waals surface area contributed by atoms with E-state index in [4.69, 9.17) is 4.74 Å². The highest BCUT2D eigenvalue weighted by Crippen LogP contribution is 2.09. The van der Waals surface area contributed by atoms with Gasteiger partial charge in [0.15, 0.2) is 0 Å². The van der Waals surface area contributed by atoms with Crippen molar-refractivity contribution >= 4 is 0 Å². The molecule has 0 saturated carbocycles. The Kier molecular flexibility index (Phi) is 6.48. The molecule has 0 aromatic rings. The molecular weight excluding hydrogens is 150 g/mol. The van der Waals surface area contributed by atoms with Crippen LogP contribution in [0.4, 0.5) is 0 Å². The molecule has 0 radical (unpaired) electrons. The molecule has 2 nitrogen and oxygen atoms in total. The predicted molar refractivity (Wildman–Crippen MR) is 52.8 cm³/mol. The number of morpholine rings is 1. The number of ether oxygens (including phenoxy) is 1. The molecule has 0 spiro atoms. The summed E-state index contributed by atoms with van der Waals surface area (Å²) in [5, 5.41) is 0. The van der Waals surface area contributed by atoms with Crippen LogP contribution < -0.4 is 0 Å². The van der Waals surface area contributed by atoms with Crippen LogP contribution in [0, 0.1) is 0 Å². The van der Waals surface area contributed by atoms with Gasteiger partial charge in [0.1, 0.15) is 0 Å². The summed E-state index contributed by atoms with van der Waals surface area (Å²) in [5.74, 6) is 0. The van der Waals surface area contributed by atoms with E-state index < -0.39 is 0 Å². The molecule has 1 aliphatic heterocycles. The van der Waals surface area contributed by atoms with Crippen LogP contribution in [0.2, 0.25) is 0 Å². The first kappa shape index (κ1) is 11.2. The first-order valence-electron chi connectivity index (χ1n) is 4.50. The largest absolute Gasteiger partial charge is 0.373 e. The highest BCUT2D eigenvalue weighted by molar-refractivity contribution is 5.05. The summed E-state index contributed by atoms with van der Waals surface area (Å²) >= 11 is 0. The molecule has 1 heterocycles. The Balaban J connectivity index is 0.000000561. The zero-order valence-electron chi connectivity index (χ0n) is 8.34. The molecule has 0 aromatic carbocycles. The highest BCUT2D eigenvalue weighted by atomic mass is 16.5. The highest BCUT2D eigenvalue weighted by Gasteiger charge is 2.10. The van der Waals surface area contributed by atoms with E-state index in [-0.39, 0.29) is 0 Å². The zero-order chi connectivity index (χ0) is 9.40. The quantitative estimate of drug-likeness (QED) is 0.597. The second kappa shape index (κ2) is 6.92. The van der Waals surface area contributed by atoms with Gasteiger partial charge in [0.2, 0.25) is 0 Å². The van der Waals surface area contributed by atoms with Crippen molar-refractivity contribution in [2.75, 3.05) is 19.8 Å². The van der Waals surface area contributed by atoms with Gasteiger partial charge in [-0.15, -0.1) is 0 Å². The summed E-state index contributed by atoms with van der Waals surface area (Å²) in [6.45, 7) is 12.2. The molecule has 1 aliphatic rings. The van der Waals surface area contributed by atoms with E-state index in [0.29, 0.717) is 0 Å². The van der Waals surface area contributed by atoms with Crippen molar-refractivity contribution in [3.8, 4) is 0 Å². The van der Waals surface area contributed by atoms with Crippen molar-refractivity contribution in [1.82, 2.24) is 4.90 Å². The Hall–Kier alpha value is -0.760. The van der Waals surface area contributed by atoms with Crippen LogP contribution in [-0.4, -0.2) is 24.7 Å². The molecule has 70 valence electrons. The third kappa shape index (κ3) is 3.09. The molecule has 0 N–H and O–H groups in total. The van der Waals surface area contributed by atoms with Crippen molar-refractivity contribution in [3.63, 3.8) is 0 Å². The van der Waals surface area contributed by atoms with E-state index in [9.17, 15) is 0 Å². The first-order valence-corrected chi connectivity index (χ1v) is 4.50. The van der Waals surface area contributed by atoms with Crippen LogP contribution in [0.5, 0.6) is 0 Å². The van der Waals surface area contributed by atoms with E-state index in [1.165, 1.54) is 5.70 Å². The van der Waals surface area contributed by atoms with Crippen LogP contribution in [0.15, 0.2) is 24.6 Å². The van der Waals surface area contributed by atoms with Gasteiger partial charge in [-0.25, -0.2) is 0 Å². The minimum Gasteiger partial charge on any atom is -0.373 e. The van der Waals surface area contributed by atoms with Gasteiger partial charge >= 0.3 is 0 Å². The molecule has 0 amide bonds. The molecule has 2 heteroatoms. The Labute approximate surface area is 75.5 Å². The minimum atomic E-state index is 0.725. The average molecular weight is 169 g/mol. The maximum atomic E-state index is 5.25. The minimum absolute atomic E-state index is 0.725. The number of rotatable bonds is 1. The van der Waals surface area contributed by atoms with Crippen molar-refractivity contribution in [3.05, 3.63) is 24.6 Å². The second-order valence-corrected chi connectivity index (χ2v) is 2.21. The van der Waals surface area contributed by atoms with Crippen LogP contribution >= 0.6 is 0 Å². The summed E-state index contributed by atoms with van der Waals surface area (Å²) < 4.78 is 5.25. The third-order valence-electron chi connectivity index (χ3n) is 1.65. The topological polar surface area (TPSA) is 12.5 Å². The van der Waals surface area contributed by atoms with Gasteiger partial charge in [-0.3, -0.25) is 0 Å². The molecule has 12 heavy (non-hydrogen) atoms. The summed E-state index contributed by atoms with van der Waals surface area (Å²) in [7, 11) is 0. The Morgan fingerprint density at radius 1 is 1.50 bits per heavy atom. The van der Waals surface area contributed by atoms with E-state index in [0.717, 1.165) is 19.8 Å². The van der Waals surface area contributed by atoms with Gasteiger partial charge < -0.3 is 9.64 Å². The summed E-state index contributed by atoms with van der Waals surface area (Å²) in [6.07, 6.45) is 3.90. The fourth-order valence-electron chi connectivity index (χ4n) is 1.02. The van der Waals surface area contributed by atoms with Crippen molar-refractivity contribution in [1.29, 1.82) is 0 Å². The average Bonchev–Trinajstić information content (AvgIpc) is 2.20. The predicted octanol–water partition coefficient (Wildman–Crippen LogP) is 2.39. The number of allylic oxidation sites excluding steroid dienone is 1. The van der Waals surface area contributed by atoms with Gasteiger partial charge in [0, 0.05) is 12.2 Å². The molecule has 0 unspecified atom stereocenters. The first-order chi connectivity index (χ1) is 5.88. The third-order valence-corrected chi connectivity index (χ3v) is 1.65. The smallest absolute Gasteiger partial charge is 0.0865 e. The Morgan fingerprint density at radius 2 is 2.17 bits per heavy atom. The van der Waals surface area contributed by atoms with Crippen LogP contribution in [0.25, 0.3) is 0 Å². The fraction of sp³-hybridized carbons (Fsp3) is 0.600. The van der Waals surface area contributed by atoms with Gasteiger partial charge in [0.25, 0.3) is 0 Å². The second-order valence-electron chi connectivity index (χ2n) is 2.21. The van der Waals surface area contributed by atoms with Crippen molar-refractivity contribution < 1.29 is 4.74 Å². The summed E-state index contributed by atoms with van der Waals surface area (Å²) in [5.41, 5.74) is 1.21. The lowest BCUT2D eigenvalue weighted by molar-refractivity contribution is 0.0918. The van der Waals surface area contributed by atoms with Crippen molar-refractivity contribution in [2.24, 2.45) is 0 Å². The molecule has 0 atom stereocenters. The molecule has 0 aliphatic carbocycles. The van der Waals surface area contributed by atoms with E-state index in [2.05, 4.69) is 17.6 Å². The lowest BCUT2D eigenvalue weighted by Gasteiger charge is -2.27. The van der Waals surface area contributed by atoms with Gasteiger partial charge in [-0.1, -0.05) is 26.5 Å². The molecule has 0 aromatic heterocycles. The maximum Gasteiger partial charge on any atom is 0.0865 e. The fourth-order valence-corrected chi connectivity index (χ4v) is 1.02. The number of hydrogen-bond donors (Lipinski definition) is 0. The van der Waals surface area contributed by atoms with E-state index >= 15 is 0 Å². The van der Waals surface area contributed by atoms with Crippen molar-refractivity contribution in [2.45, 2.75) is 20.8 Å². The molecule has 0 bridgehead atoms. The monoisotopic (exact) mass is 169 g/mol. The lowest BCUT2D eigenvalue weighted by atomic mass is 10.3. The summed E-state index contributed by atoms with van der Waals surface area (Å²) in [6, 6.07) is 0.